The van der Waals surface area contributed by atoms with E-state index in [1.807, 2.05) is 18.2 Å². The van der Waals surface area contributed by atoms with Crippen LogP contribution in [-0.2, 0) is 4.74 Å². The summed E-state index contributed by atoms with van der Waals surface area (Å²) < 4.78 is 10.9. The van der Waals surface area contributed by atoms with Crippen molar-refractivity contribution in [3.05, 3.63) is 28.8 Å². The van der Waals surface area contributed by atoms with Crippen LogP contribution in [0.5, 0.6) is 5.75 Å². The average Bonchev–Trinajstić information content (AvgIpc) is 2.50. The van der Waals surface area contributed by atoms with Gasteiger partial charge in [-0.1, -0.05) is 17.7 Å². The minimum atomic E-state index is 0.0662. The third-order valence-electron chi connectivity index (χ3n) is 4.21. The molecule has 2 N–H and O–H groups in total. The van der Waals surface area contributed by atoms with Crippen molar-refractivity contribution in [3.8, 4) is 5.75 Å². The molecule has 1 heterocycles. The van der Waals surface area contributed by atoms with E-state index in [-0.39, 0.29) is 6.04 Å². The number of benzene rings is 1. The van der Waals surface area contributed by atoms with Gasteiger partial charge in [0.25, 0.3) is 0 Å². The molecule has 5 heteroatoms. The molecule has 0 radical (unpaired) electrons. The number of nitrogens with zero attached hydrogens (tertiary/aromatic N) is 1. The van der Waals surface area contributed by atoms with Crippen molar-refractivity contribution in [3.63, 3.8) is 0 Å². The summed E-state index contributed by atoms with van der Waals surface area (Å²) in [5.74, 6) is 1.46. The second kappa shape index (κ2) is 7.99. The van der Waals surface area contributed by atoms with E-state index in [0.717, 1.165) is 43.9 Å². The Balaban J connectivity index is 2.14. The lowest BCUT2D eigenvalue weighted by Gasteiger charge is -2.33. The normalized spacial score (nSPS) is 18.0. The van der Waals surface area contributed by atoms with Crippen molar-refractivity contribution in [1.29, 1.82) is 0 Å². The number of halogens is 1. The van der Waals surface area contributed by atoms with Gasteiger partial charge in [-0.15, -0.1) is 0 Å². The van der Waals surface area contributed by atoms with Gasteiger partial charge < -0.3 is 15.2 Å². The molecule has 0 bridgehead atoms. The molecule has 1 fully saturated rings. The Morgan fingerprint density at radius 3 is 2.76 bits per heavy atom. The predicted octanol–water partition coefficient (Wildman–Crippen LogP) is 2.71. The number of hydrogen-bond acceptors (Lipinski definition) is 4. The Labute approximate surface area is 132 Å². The van der Waals surface area contributed by atoms with Crippen LogP contribution < -0.4 is 10.5 Å². The molecular formula is C16H25ClN2O2. The third-order valence-corrected chi connectivity index (χ3v) is 4.54. The number of rotatable bonds is 6. The Morgan fingerprint density at radius 1 is 1.43 bits per heavy atom. The standard InChI is InChI=1S/C16H25ClN2O2/c1-19(11-12-6-8-21-9-7-12)14(10-18)16-13(17)4-3-5-15(16)20-2/h3-5,12,14H,6-11,18H2,1-2H3. The van der Waals surface area contributed by atoms with Gasteiger partial charge in [-0.25, -0.2) is 0 Å². The van der Waals surface area contributed by atoms with Crippen LogP contribution in [0, 0.1) is 5.92 Å². The average molecular weight is 313 g/mol. The van der Waals surface area contributed by atoms with Gasteiger partial charge in [0.2, 0.25) is 0 Å². The van der Waals surface area contributed by atoms with E-state index in [1.54, 1.807) is 7.11 Å². The van der Waals surface area contributed by atoms with Crippen LogP contribution in [0.3, 0.4) is 0 Å². The summed E-state index contributed by atoms with van der Waals surface area (Å²) in [4.78, 5) is 2.29. The zero-order valence-corrected chi connectivity index (χ0v) is 13.6. The van der Waals surface area contributed by atoms with Crippen LogP contribution in [0.15, 0.2) is 18.2 Å². The second-order valence-corrected chi connectivity index (χ2v) is 6.01. The summed E-state index contributed by atoms with van der Waals surface area (Å²) in [6, 6.07) is 5.80. The van der Waals surface area contributed by atoms with E-state index < -0.39 is 0 Å². The molecule has 1 unspecified atom stereocenters. The first-order chi connectivity index (χ1) is 10.2. The van der Waals surface area contributed by atoms with E-state index >= 15 is 0 Å². The molecule has 1 aliphatic heterocycles. The zero-order valence-electron chi connectivity index (χ0n) is 12.8. The van der Waals surface area contributed by atoms with Crippen LogP contribution in [0.4, 0.5) is 0 Å². The highest BCUT2D eigenvalue weighted by atomic mass is 35.5. The lowest BCUT2D eigenvalue weighted by Crippen LogP contribution is -2.36. The number of hydrogen-bond donors (Lipinski definition) is 1. The Hall–Kier alpha value is -0.810. The Morgan fingerprint density at radius 2 is 2.14 bits per heavy atom. The molecular weight excluding hydrogens is 288 g/mol. The zero-order chi connectivity index (χ0) is 15.2. The van der Waals surface area contributed by atoms with E-state index in [2.05, 4.69) is 11.9 Å². The van der Waals surface area contributed by atoms with Gasteiger partial charge >= 0.3 is 0 Å². The summed E-state index contributed by atoms with van der Waals surface area (Å²) >= 11 is 6.39. The maximum Gasteiger partial charge on any atom is 0.125 e. The summed E-state index contributed by atoms with van der Waals surface area (Å²) in [7, 11) is 3.77. The fraction of sp³-hybridized carbons (Fsp3) is 0.625. The van der Waals surface area contributed by atoms with Crippen molar-refractivity contribution in [1.82, 2.24) is 4.90 Å². The maximum absolute atomic E-state index is 6.39. The van der Waals surface area contributed by atoms with E-state index in [9.17, 15) is 0 Å². The van der Waals surface area contributed by atoms with Gasteiger partial charge in [-0.05, 0) is 37.9 Å². The fourth-order valence-electron chi connectivity index (χ4n) is 3.00. The largest absolute Gasteiger partial charge is 0.496 e. The molecule has 118 valence electrons. The second-order valence-electron chi connectivity index (χ2n) is 5.60. The highest BCUT2D eigenvalue weighted by Gasteiger charge is 2.25. The molecule has 1 aromatic rings. The molecule has 4 nitrogen and oxygen atoms in total. The van der Waals surface area contributed by atoms with E-state index in [4.69, 9.17) is 26.8 Å². The van der Waals surface area contributed by atoms with Crippen LogP contribution >= 0.6 is 11.6 Å². The number of likely N-dealkylation sites (N-methyl/N-ethyl adjacent to an activating group) is 1. The van der Waals surface area contributed by atoms with Gasteiger partial charge in [0.05, 0.1) is 13.2 Å². The van der Waals surface area contributed by atoms with Crippen molar-refractivity contribution >= 4 is 11.6 Å². The first-order valence-electron chi connectivity index (χ1n) is 7.47. The molecule has 0 amide bonds. The minimum absolute atomic E-state index is 0.0662. The molecule has 0 aliphatic carbocycles. The molecule has 0 aromatic heterocycles. The Kier molecular flexibility index (Phi) is 6.30. The quantitative estimate of drug-likeness (QED) is 0.877. The highest BCUT2D eigenvalue weighted by molar-refractivity contribution is 6.31. The SMILES string of the molecule is COc1cccc(Cl)c1C(CN)N(C)CC1CCOCC1. The van der Waals surface area contributed by atoms with Crippen LogP contribution in [-0.4, -0.2) is 45.4 Å². The molecule has 1 aliphatic rings. The van der Waals surface area contributed by atoms with Gasteiger partial charge in [-0.3, -0.25) is 4.90 Å². The van der Waals surface area contributed by atoms with Gasteiger partial charge in [-0.2, -0.15) is 0 Å². The first-order valence-corrected chi connectivity index (χ1v) is 7.85. The lowest BCUT2D eigenvalue weighted by molar-refractivity contribution is 0.0505. The van der Waals surface area contributed by atoms with Gasteiger partial charge in [0.15, 0.2) is 0 Å². The molecule has 0 spiro atoms. The van der Waals surface area contributed by atoms with Crippen LogP contribution in [0.2, 0.25) is 5.02 Å². The number of nitrogens with two attached hydrogens (primary N) is 1. The van der Waals surface area contributed by atoms with E-state index in [0.29, 0.717) is 17.5 Å². The molecule has 1 atom stereocenters. The summed E-state index contributed by atoms with van der Waals surface area (Å²) in [6.07, 6.45) is 2.22. The predicted molar refractivity (Wildman–Crippen MR) is 86.0 cm³/mol. The van der Waals surface area contributed by atoms with Crippen molar-refractivity contribution in [2.45, 2.75) is 18.9 Å². The van der Waals surface area contributed by atoms with Gasteiger partial charge in [0, 0.05) is 36.9 Å². The van der Waals surface area contributed by atoms with Crippen molar-refractivity contribution in [2.75, 3.05) is 40.5 Å². The topological polar surface area (TPSA) is 47.7 Å². The molecule has 21 heavy (non-hydrogen) atoms. The lowest BCUT2D eigenvalue weighted by atomic mass is 9.97. The molecule has 0 saturated carbocycles. The molecule has 1 aromatic carbocycles. The van der Waals surface area contributed by atoms with Crippen molar-refractivity contribution in [2.24, 2.45) is 11.7 Å². The molecule has 2 rings (SSSR count). The number of ether oxygens (including phenoxy) is 2. The fourth-order valence-corrected chi connectivity index (χ4v) is 3.29. The summed E-state index contributed by atoms with van der Waals surface area (Å²) in [5, 5.41) is 0.712. The third kappa shape index (κ3) is 4.10. The maximum atomic E-state index is 6.39. The highest BCUT2D eigenvalue weighted by Crippen LogP contribution is 2.35. The van der Waals surface area contributed by atoms with Gasteiger partial charge in [0.1, 0.15) is 5.75 Å². The smallest absolute Gasteiger partial charge is 0.125 e. The van der Waals surface area contributed by atoms with Crippen molar-refractivity contribution < 1.29 is 9.47 Å². The summed E-state index contributed by atoms with van der Waals surface area (Å²) in [5.41, 5.74) is 7.01. The molecule has 1 saturated heterocycles. The minimum Gasteiger partial charge on any atom is -0.496 e. The first kappa shape index (κ1) is 16.6. The van der Waals surface area contributed by atoms with E-state index in [1.165, 1.54) is 0 Å². The summed E-state index contributed by atoms with van der Waals surface area (Å²) in [6.45, 7) is 3.24. The van der Waals surface area contributed by atoms with Crippen LogP contribution in [0.25, 0.3) is 0 Å². The Bertz CT molecular complexity index is 450. The monoisotopic (exact) mass is 312 g/mol. The number of methoxy groups -OCH3 is 1. The van der Waals surface area contributed by atoms with Crippen LogP contribution in [0.1, 0.15) is 24.4 Å².